The van der Waals surface area contributed by atoms with E-state index in [0.29, 0.717) is 12.5 Å². The fraction of sp³-hybridized carbons (Fsp3) is 0.647. The zero-order chi connectivity index (χ0) is 15.6. The Bertz CT molecular complexity index is 547. The maximum absolute atomic E-state index is 12.8. The first-order valence-electron chi connectivity index (χ1n) is 8.48. The van der Waals surface area contributed by atoms with Crippen LogP contribution >= 0.6 is 0 Å². The Morgan fingerprint density at radius 2 is 2.13 bits per heavy atom. The molecule has 0 saturated carbocycles. The number of aromatic nitrogens is 1. The summed E-state index contributed by atoms with van der Waals surface area (Å²) in [5.41, 5.74) is 1.22. The number of carbonyl (C=O) groups is 1. The number of hydrogen-bond acceptors (Lipinski definition) is 5. The number of piperidine rings is 1. The zero-order valence-electron chi connectivity index (χ0n) is 13.3. The van der Waals surface area contributed by atoms with Crippen LogP contribution in [0.2, 0.25) is 0 Å². The molecule has 3 aliphatic heterocycles. The van der Waals surface area contributed by atoms with E-state index in [1.54, 1.807) is 5.06 Å². The van der Waals surface area contributed by atoms with Gasteiger partial charge in [0.2, 0.25) is 0 Å². The van der Waals surface area contributed by atoms with Gasteiger partial charge in [-0.05, 0) is 30.5 Å². The van der Waals surface area contributed by atoms with Gasteiger partial charge in [0, 0.05) is 44.6 Å². The predicted octanol–water partition coefficient (Wildman–Crippen LogP) is 1.08. The molecule has 0 bridgehead atoms. The molecule has 3 fully saturated rings. The molecular formula is C17H23N3O3. The molecule has 0 unspecified atom stereocenters. The first-order chi connectivity index (χ1) is 11.3. The van der Waals surface area contributed by atoms with Crippen LogP contribution in [-0.4, -0.2) is 59.8 Å². The van der Waals surface area contributed by atoms with E-state index in [1.807, 2.05) is 24.5 Å². The Morgan fingerprint density at radius 3 is 2.91 bits per heavy atom. The third-order valence-corrected chi connectivity index (χ3v) is 5.14. The van der Waals surface area contributed by atoms with Crippen molar-refractivity contribution in [3.8, 4) is 0 Å². The van der Waals surface area contributed by atoms with Crippen LogP contribution in [0.15, 0.2) is 24.5 Å². The van der Waals surface area contributed by atoms with Gasteiger partial charge in [-0.2, -0.15) is 0 Å². The summed E-state index contributed by atoms with van der Waals surface area (Å²) in [4.78, 5) is 24.7. The molecule has 1 amide bonds. The highest BCUT2D eigenvalue weighted by molar-refractivity contribution is 5.79. The van der Waals surface area contributed by atoms with Gasteiger partial charge in [0.1, 0.15) is 0 Å². The largest absolute Gasteiger partial charge is 0.377 e. The van der Waals surface area contributed by atoms with E-state index in [0.717, 1.165) is 45.6 Å². The van der Waals surface area contributed by atoms with Crippen LogP contribution in [0.1, 0.15) is 18.4 Å². The van der Waals surface area contributed by atoms with Crippen molar-refractivity contribution >= 4 is 5.91 Å². The molecule has 1 aromatic rings. The van der Waals surface area contributed by atoms with E-state index >= 15 is 0 Å². The normalized spacial score (nSPS) is 31.3. The summed E-state index contributed by atoms with van der Waals surface area (Å²) in [6.07, 6.45) is 5.72. The minimum Gasteiger partial charge on any atom is -0.377 e. The third kappa shape index (κ3) is 3.11. The van der Waals surface area contributed by atoms with Crippen LogP contribution in [0.5, 0.6) is 0 Å². The van der Waals surface area contributed by atoms with Crippen LogP contribution in [0.4, 0.5) is 0 Å². The number of amides is 1. The maximum atomic E-state index is 12.8. The van der Waals surface area contributed by atoms with Crippen LogP contribution in [0, 0.1) is 11.8 Å². The summed E-state index contributed by atoms with van der Waals surface area (Å²) in [5.74, 6) is 0.457. The number of carbonyl (C=O) groups excluding carboxylic acids is 1. The molecule has 3 saturated heterocycles. The van der Waals surface area contributed by atoms with E-state index in [-0.39, 0.29) is 17.9 Å². The molecule has 0 N–H and O–H groups in total. The second-order valence-electron chi connectivity index (χ2n) is 6.64. The minimum absolute atomic E-state index is 0.0174. The summed E-state index contributed by atoms with van der Waals surface area (Å²) >= 11 is 0. The Kier molecular flexibility index (Phi) is 4.29. The Balaban J connectivity index is 1.49. The lowest BCUT2D eigenvalue weighted by Gasteiger charge is -2.40. The summed E-state index contributed by atoms with van der Waals surface area (Å²) in [7, 11) is 0. The van der Waals surface area contributed by atoms with Crippen molar-refractivity contribution in [1.82, 2.24) is 14.9 Å². The number of rotatable bonds is 3. The van der Waals surface area contributed by atoms with Crippen molar-refractivity contribution in [3.05, 3.63) is 30.1 Å². The molecule has 6 nitrogen and oxygen atoms in total. The number of fused-ring (bicyclic) bond motifs is 1. The van der Waals surface area contributed by atoms with Gasteiger partial charge in [-0.3, -0.25) is 19.5 Å². The molecule has 4 heterocycles. The van der Waals surface area contributed by atoms with E-state index in [4.69, 9.17) is 9.57 Å². The molecule has 6 heteroatoms. The average Bonchev–Trinajstić information content (AvgIpc) is 3.26. The molecule has 3 aliphatic rings. The summed E-state index contributed by atoms with van der Waals surface area (Å²) in [5, 5.41) is 1.58. The molecule has 124 valence electrons. The topological polar surface area (TPSA) is 54.9 Å². The molecule has 1 aromatic heterocycles. The highest BCUT2D eigenvalue weighted by Gasteiger charge is 2.45. The van der Waals surface area contributed by atoms with Crippen LogP contribution < -0.4 is 0 Å². The van der Waals surface area contributed by atoms with Crippen molar-refractivity contribution in [1.29, 1.82) is 0 Å². The minimum atomic E-state index is -0.0174. The summed E-state index contributed by atoms with van der Waals surface area (Å²) < 4.78 is 5.90. The second-order valence-corrected chi connectivity index (χ2v) is 6.64. The number of likely N-dealkylation sites (tertiary alicyclic amines) is 1. The fourth-order valence-corrected chi connectivity index (χ4v) is 4.00. The van der Waals surface area contributed by atoms with Gasteiger partial charge in [0.05, 0.1) is 25.2 Å². The predicted molar refractivity (Wildman–Crippen MR) is 83.1 cm³/mol. The average molecular weight is 317 g/mol. The molecule has 23 heavy (non-hydrogen) atoms. The number of pyridine rings is 1. The van der Waals surface area contributed by atoms with Crippen LogP contribution in [0.25, 0.3) is 0 Å². The van der Waals surface area contributed by atoms with Gasteiger partial charge in [0.15, 0.2) is 0 Å². The molecule has 0 aromatic carbocycles. The van der Waals surface area contributed by atoms with Crippen LogP contribution in [0.3, 0.4) is 0 Å². The van der Waals surface area contributed by atoms with Crippen molar-refractivity contribution in [2.45, 2.75) is 25.5 Å². The molecule has 3 atom stereocenters. The number of ether oxygens (including phenoxy) is 1. The fourth-order valence-electron chi connectivity index (χ4n) is 4.00. The van der Waals surface area contributed by atoms with E-state index in [9.17, 15) is 4.79 Å². The van der Waals surface area contributed by atoms with E-state index < -0.39 is 0 Å². The maximum Gasteiger partial charge on any atom is 0.250 e. The van der Waals surface area contributed by atoms with Gasteiger partial charge in [-0.15, -0.1) is 0 Å². The Hall–Kier alpha value is -1.50. The lowest BCUT2D eigenvalue weighted by atomic mass is 9.82. The smallest absolute Gasteiger partial charge is 0.250 e. The van der Waals surface area contributed by atoms with Gasteiger partial charge in [0.25, 0.3) is 5.91 Å². The first kappa shape index (κ1) is 15.1. The summed E-state index contributed by atoms with van der Waals surface area (Å²) in [6.45, 7) is 4.66. The number of hydroxylamine groups is 2. The summed E-state index contributed by atoms with van der Waals surface area (Å²) in [6, 6.07) is 4.06. The SMILES string of the molecule is O=C([C@H]1CN(Cc2ccncc2)C[C@H]2OCC[C@@H]12)N1CCCO1. The van der Waals surface area contributed by atoms with E-state index in [2.05, 4.69) is 9.88 Å². The van der Waals surface area contributed by atoms with Crippen molar-refractivity contribution in [3.63, 3.8) is 0 Å². The second kappa shape index (κ2) is 6.55. The van der Waals surface area contributed by atoms with Crippen molar-refractivity contribution < 1.29 is 14.4 Å². The van der Waals surface area contributed by atoms with Gasteiger partial charge < -0.3 is 4.74 Å². The van der Waals surface area contributed by atoms with E-state index in [1.165, 1.54) is 5.56 Å². The highest BCUT2D eigenvalue weighted by atomic mass is 16.7. The molecule has 4 rings (SSSR count). The number of hydrogen-bond donors (Lipinski definition) is 0. The highest BCUT2D eigenvalue weighted by Crippen LogP contribution is 2.35. The first-order valence-corrected chi connectivity index (χ1v) is 8.48. The van der Waals surface area contributed by atoms with Gasteiger partial charge >= 0.3 is 0 Å². The van der Waals surface area contributed by atoms with Gasteiger partial charge in [-0.1, -0.05) is 0 Å². The molecule has 0 aliphatic carbocycles. The number of nitrogens with zero attached hydrogens (tertiary/aromatic N) is 3. The Morgan fingerprint density at radius 1 is 1.26 bits per heavy atom. The molecular weight excluding hydrogens is 294 g/mol. The standard InChI is InChI=1S/C17H23N3O3/c21-17(20-7-1-8-23-20)15-11-19(10-13-2-5-18-6-3-13)12-16-14(15)4-9-22-16/h2-3,5-6,14-16H,1,4,7-12H2/t14-,15-,16+/m0/s1. The zero-order valence-corrected chi connectivity index (χ0v) is 13.3. The van der Waals surface area contributed by atoms with Crippen LogP contribution in [-0.2, 0) is 20.9 Å². The lowest BCUT2D eigenvalue weighted by molar-refractivity contribution is -0.179. The third-order valence-electron chi connectivity index (χ3n) is 5.14. The Labute approximate surface area is 136 Å². The monoisotopic (exact) mass is 317 g/mol. The molecule has 0 radical (unpaired) electrons. The van der Waals surface area contributed by atoms with Crippen molar-refractivity contribution in [2.24, 2.45) is 11.8 Å². The van der Waals surface area contributed by atoms with Crippen molar-refractivity contribution in [2.75, 3.05) is 32.8 Å². The quantitative estimate of drug-likeness (QED) is 0.835. The molecule has 0 spiro atoms. The van der Waals surface area contributed by atoms with Gasteiger partial charge in [-0.25, -0.2) is 5.06 Å². The lowest BCUT2D eigenvalue weighted by Crippen LogP contribution is -2.52.